The highest BCUT2D eigenvalue weighted by molar-refractivity contribution is 9.10. The molecule has 0 aliphatic rings. The summed E-state index contributed by atoms with van der Waals surface area (Å²) in [6.45, 7) is 1.61. The Morgan fingerprint density at radius 2 is 1.79 bits per heavy atom. The number of hydrogen-bond donors (Lipinski definition) is 1. The molecule has 0 atom stereocenters. The Balaban J connectivity index is 2.93. The molecular formula is C10H13BrFNO4S2. The predicted octanol–water partition coefficient (Wildman–Crippen LogP) is 1.68. The zero-order chi connectivity index (χ0) is 14.8. The fraction of sp³-hybridized carbons (Fsp3) is 0.400. The van der Waals surface area contributed by atoms with Crippen molar-refractivity contribution in [3.05, 3.63) is 28.0 Å². The summed E-state index contributed by atoms with van der Waals surface area (Å²) in [6.07, 6.45) is 0.951. The van der Waals surface area contributed by atoms with Crippen LogP contribution >= 0.6 is 15.9 Å². The molecule has 1 aromatic carbocycles. The number of hydrogen-bond acceptors (Lipinski definition) is 4. The number of sulfone groups is 1. The van der Waals surface area contributed by atoms with Crippen molar-refractivity contribution < 1.29 is 21.2 Å². The first-order chi connectivity index (χ1) is 8.50. The molecule has 0 radical (unpaired) electrons. The highest BCUT2D eigenvalue weighted by atomic mass is 79.9. The summed E-state index contributed by atoms with van der Waals surface area (Å²) in [5.41, 5.74) is 0.616. The van der Waals surface area contributed by atoms with Gasteiger partial charge in [-0.1, -0.05) is 0 Å². The molecule has 0 aromatic heterocycles. The quantitative estimate of drug-likeness (QED) is 0.851. The lowest BCUT2D eigenvalue weighted by atomic mass is 10.2. The van der Waals surface area contributed by atoms with Crippen LogP contribution in [0, 0.1) is 12.7 Å². The van der Waals surface area contributed by atoms with Crippen LogP contribution in [0.5, 0.6) is 0 Å². The molecule has 0 aliphatic heterocycles. The molecule has 0 saturated carbocycles. The third-order valence-electron chi connectivity index (χ3n) is 2.26. The van der Waals surface area contributed by atoms with Gasteiger partial charge in [0.15, 0.2) is 0 Å². The van der Waals surface area contributed by atoms with Crippen LogP contribution in [0.4, 0.5) is 10.1 Å². The molecule has 9 heteroatoms. The molecule has 0 heterocycles. The molecule has 0 bridgehead atoms. The van der Waals surface area contributed by atoms with Crippen LogP contribution in [0.25, 0.3) is 0 Å². The van der Waals surface area contributed by atoms with E-state index in [2.05, 4.69) is 20.7 Å². The van der Waals surface area contributed by atoms with Gasteiger partial charge in [-0.15, -0.1) is 0 Å². The third-order valence-corrected chi connectivity index (χ3v) is 5.34. The zero-order valence-corrected chi connectivity index (χ0v) is 13.5. The maximum Gasteiger partial charge on any atom is 0.233 e. The van der Waals surface area contributed by atoms with Crippen molar-refractivity contribution in [3.8, 4) is 0 Å². The van der Waals surface area contributed by atoms with Gasteiger partial charge in [0.05, 0.1) is 21.7 Å². The van der Waals surface area contributed by atoms with E-state index >= 15 is 0 Å². The Morgan fingerprint density at radius 1 is 1.21 bits per heavy atom. The van der Waals surface area contributed by atoms with Gasteiger partial charge < -0.3 is 0 Å². The summed E-state index contributed by atoms with van der Waals surface area (Å²) in [4.78, 5) is 0. The second kappa shape index (κ2) is 5.76. The topological polar surface area (TPSA) is 80.3 Å². The van der Waals surface area contributed by atoms with Gasteiger partial charge in [-0.05, 0) is 40.5 Å². The summed E-state index contributed by atoms with van der Waals surface area (Å²) in [7, 11) is -7.21. The van der Waals surface area contributed by atoms with Crippen LogP contribution in [-0.2, 0) is 19.9 Å². The van der Waals surface area contributed by atoms with E-state index in [4.69, 9.17) is 0 Å². The van der Waals surface area contributed by atoms with Crippen LogP contribution in [0.1, 0.15) is 5.56 Å². The van der Waals surface area contributed by atoms with Gasteiger partial charge in [-0.3, -0.25) is 4.72 Å². The molecule has 0 fully saturated rings. The Kier molecular flexibility index (Phi) is 4.97. The lowest BCUT2D eigenvalue weighted by Gasteiger charge is -2.11. The summed E-state index contributed by atoms with van der Waals surface area (Å²) < 4.78 is 61.0. The van der Waals surface area contributed by atoms with Gasteiger partial charge in [0.1, 0.15) is 15.7 Å². The lowest BCUT2D eigenvalue weighted by molar-refractivity contribution is 0.593. The molecule has 1 N–H and O–H groups in total. The van der Waals surface area contributed by atoms with Gasteiger partial charge >= 0.3 is 0 Å². The Hall–Kier alpha value is -0.670. The van der Waals surface area contributed by atoms with Crippen LogP contribution in [-0.4, -0.2) is 34.6 Å². The first-order valence-corrected chi connectivity index (χ1v) is 9.64. The smallest absolute Gasteiger partial charge is 0.233 e. The van der Waals surface area contributed by atoms with Crippen molar-refractivity contribution in [1.82, 2.24) is 0 Å². The van der Waals surface area contributed by atoms with Crippen molar-refractivity contribution in [2.24, 2.45) is 0 Å². The van der Waals surface area contributed by atoms with Crippen LogP contribution in [0.2, 0.25) is 0 Å². The standard InChI is InChI=1S/C10H13BrFNO4S2/c1-7-5-8(11)9(12)6-10(7)13-19(16,17)4-3-18(2,14)15/h5-6,13H,3-4H2,1-2H3. The van der Waals surface area contributed by atoms with E-state index < -0.39 is 37.2 Å². The van der Waals surface area contributed by atoms with Gasteiger partial charge in [-0.25, -0.2) is 21.2 Å². The number of anilines is 1. The maximum atomic E-state index is 13.3. The van der Waals surface area contributed by atoms with E-state index in [9.17, 15) is 21.2 Å². The molecule has 0 spiro atoms. The van der Waals surface area contributed by atoms with Gasteiger partial charge in [0.2, 0.25) is 10.0 Å². The SMILES string of the molecule is Cc1cc(Br)c(F)cc1NS(=O)(=O)CCS(C)(=O)=O. The molecule has 0 saturated heterocycles. The number of nitrogens with one attached hydrogen (secondary N) is 1. The van der Waals surface area contributed by atoms with Gasteiger partial charge in [0, 0.05) is 6.26 Å². The normalized spacial score (nSPS) is 12.4. The molecule has 0 unspecified atom stereocenters. The molecule has 0 aliphatic carbocycles. The predicted molar refractivity (Wildman–Crippen MR) is 76.0 cm³/mol. The lowest BCUT2D eigenvalue weighted by Crippen LogP contribution is -2.22. The molecular weight excluding hydrogens is 361 g/mol. The molecule has 108 valence electrons. The van der Waals surface area contributed by atoms with E-state index in [1.165, 1.54) is 6.07 Å². The average molecular weight is 374 g/mol. The number of halogens is 2. The molecule has 1 rings (SSSR count). The van der Waals surface area contributed by atoms with Crippen LogP contribution < -0.4 is 4.72 Å². The Labute approximate surface area is 120 Å². The average Bonchev–Trinajstić information content (AvgIpc) is 2.22. The van der Waals surface area contributed by atoms with E-state index in [0.29, 0.717) is 5.56 Å². The van der Waals surface area contributed by atoms with E-state index in [1.807, 2.05) is 0 Å². The summed E-state index contributed by atoms with van der Waals surface area (Å²) in [6, 6.07) is 2.47. The van der Waals surface area contributed by atoms with Crippen molar-refractivity contribution in [3.63, 3.8) is 0 Å². The van der Waals surface area contributed by atoms with Crippen molar-refractivity contribution >= 4 is 41.5 Å². The first-order valence-electron chi connectivity index (χ1n) is 5.14. The fourth-order valence-electron chi connectivity index (χ4n) is 1.24. The highest BCUT2D eigenvalue weighted by Crippen LogP contribution is 2.24. The summed E-state index contributed by atoms with van der Waals surface area (Å²) in [5.74, 6) is -1.66. The third kappa shape index (κ3) is 5.45. The zero-order valence-electron chi connectivity index (χ0n) is 10.3. The van der Waals surface area contributed by atoms with Crippen LogP contribution in [0.3, 0.4) is 0 Å². The minimum absolute atomic E-state index is 0.0919. The summed E-state index contributed by atoms with van der Waals surface area (Å²) >= 11 is 2.99. The number of benzene rings is 1. The fourth-order valence-corrected chi connectivity index (χ4v) is 4.44. The largest absolute Gasteiger partial charge is 0.283 e. The van der Waals surface area contributed by atoms with Crippen molar-refractivity contribution in [2.45, 2.75) is 6.92 Å². The molecule has 0 amide bonds. The van der Waals surface area contributed by atoms with E-state index in [0.717, 1.165) is 12.3 Å². The first kappa shape index (κ1) is 16.4. The van der Waals surface area contributed by atoms with E-state index in [1.54, 1.807) is 6.92 Å². The van der Waals surface area contributed by atoms with Crippen LogP contribution in [0.15, 0.2) is 16.6 Å². The maximum absolute atomic E-state index is 13.3. The number of rotatable bonds is 5. The minimum Gasteiger partial charge on any atom is -0.283 e. The summed E-state index contributed by atoms with van der Waals surface area (Å²) in [5, 5.41) is 0. The number of aryl methyl sites for hydroxylation is 1. The Morgan fingerprint density at radius 3 is 2.32 bits per heavy atom. The van der Waals surface area contributed by atoms with Gasteiger partial charge in [-0.2, -0.15) is 0 Å². The Bertz CT molecular complexity index is 686. The van der Waals surface area contributed by atoms with Crippen molar-refractivity contribution in [1.29, 1.82) is 0 Å². The second-order valence-electron chi connectivity index (χ2n) is 4.13. The van der Waals surface area contributed by atoms with Gasteiger partial charge in [0.25, 0.3) is 0 Å². The highest BCUT2D eigenvalue weighted by Gasteiger charge is 2.16. The minimum atomic E-state index is -3.83. The molecule has 5 nitrogen and oxygen atoms in total. The molecule has 1 aromatic rings. The molecule has 19 heavy (non-hydrogen) atoms. The van der Waals surface area contributed by atoms with Crippen molar-refractivity contribution in [2.75, 3.05) is 22.5 Å². The second-order valence-corrected chi connectivity index (χ2v) is 9.09. The monoisotopic (exact) mass is 373 g/mol. The number of sulfonamides is 1. The van der Waals surface area contributed by atoms with E-state index in [-0.39, 0.29) is 10.2 Å².